The second-order valence-corrected chi connectivity index (χ2v) is 6.90. The van der Waals surface area contributed by atoms with Crippen LogP contribution < -0.4 is 19.7 Å². The van der Waals surface area contributed by atoms with E-state index in [2.05, 4.69) is 25.6 Å². The molecule has 10 heteroatoms. The highest BCUT2D eigenvalue weighted by molar-refractivity contribution is 5.92. The predicted octanol–water partition coefficient (Wildman–Crippen LogP) is 1.83. The van der Waals surface area contributed by atoms with Gasteiger partial charge >= 0.3 is 0 Å². The fourth-order valence-electron chi connectivity index (χ4n) is 3.30. The monoisotopic (exact) mass is 424 g/mol. The van der Waals surface area contributed by atoms with E-state index in [0.29, 0.717) is 23.0 Å². The number of anilines is 2. The molecule has 3 aromatic rings. The molecule has 0 spiro atoms. The summed E-state index contributed by atoms with van der Waals surface area (Å²) in [7, 11) is 3.09. The minimum atomic E-state index is -0.307. The minimum absolute atomic E-state index is 0.0841. The average molecular weight is 424 g/mol. The van der Waals surface area contributed by atoms with Crippen LogP contribution in [0.2, 0.25) is 0 Å². The predicted molar refractivity (Wildman–Crippen MR) is 114 cm³/mol. The summed E-state index contributed by atoms with van der Waals surface area (Å²) in [4.78, 5) is 16.0. The number of carbonyl (C=O) groups is 1. The quantitative estimate of drug-likeness (QED) is 0.613. The maximum Gasteiger partial charge on any atom is 0.248 e. The zero-order chi connectivity index (χ0) is 21.6. The molecule has 1 saturated heterocycles. The zero-order valence-electron chi connectivity index (χ0n) is 17.4. The van der Waals surface area contributed by atoms with E-state index in [1.807, 2.05) is 24.3 Å². The lowest BCUT2D eigenvalue weighted by Gasteiger charge is -2.28. The third-order valence-corrected chi connectivity index (χ3v) is 4.92. The first-order valence-corrected chi connectivity index (χ1v) is 9.89. The number of benzene rings is 2. The summed E-state index contributed by atoms with van der Waals surface area (Å²) < 4.78 is 15.9. The van der Waals surface area contributed by atoms with E-state index in [4.69, 9.17) is 14.2 Å². The molecule has 0 atom stereocenters. The van der Waals surface area contributed by atoms with Crippen molar-refractivity contribution >= 4 is 17.3 Å². The molecular formula is C21H24N6O4. The van der Waals surface area contributed by atoms with Crippen LogP contribution in [0.5, 0.6) is 11.5 Å². The Morgan fingerprint density at radius 3 is 2.58 bits per heavy atom. The Hall–Kier alpha value is -3.66. The number of amides is 1. The van der Waals surface area contributed by atoms with Crippen LogP contribution in [0.15, 0.2) is 42.5 Å². The normalized spacial score (nSPS) is 13.7. The number of morpholine rings is 1. The number of methoxy groups -OCH3 is 2. The van der Waals surface area contributed by atoms with Gasteiger partial charge in [-0.05, 0) is 41.6 Å². The van der Waals surface area contributed by atoms with Crippen LogP contribution in [-0.4, -0.2) is 66.6 Å². The summed E-state index contributed by atoms with van der Waals surface area (Å²) in [6, 6.07) is 13.1. The summed E-state index contributed by atoms with van der Waals surface area (Å²) in [5.74, 6) is 1.29. The second kappa shape index (κ2) is 9.43. The first kappa shape index (κ1) is 20.6. The molecule has 1 aliphatic rings. The van der Waals surface area contributed by atoms with Crippen molar-refractivity contribution in [3.63, 3.8) is 0 Å². The van der Waals surface area contributed by atoms with Gasteiger partial charge in [0.25, 0.3) is 0 Å². The van der Waals surface area contributed by atoms with Crippen molar-refractivity contribution in [2.45, 2.75) is 6.54 Å². The van der Waals surface area contributed by atoms with Crippen LogP contribution in [-0.2, 0) is 16.1 Å². The van der Waals surface area contributed by atoms with Crippen molar-refractivity contribution in [2.24, 2.45) is 0 Å². The van der Waals surface area contributed by atoms with Gasteiger partial charge in [0.05, 0.1) is 33.1 Å². The van der Waals surface area contributed by atoms with E-state index in [-0.39, 0.29) is 12.5 Å². The fourth-order valence-corrected chi connectivity index (χ4v) is 3.30. The molecule has 4 rings (SSSR count). The van der Waals surface area contributed by atoms with Gasteiger partial charge in [0.1, 0.15) is 18.0 Å². The number of nitrogens with zero attached hydrogens (tertiary/aromatic N) is 5. The van der Waals surface area contributed by atoms with Gasteiger partial charge in [-0.25, -0.2) is 0 Å². The van der Waals surface area contributed by atoms with Crippen molar-refractivity contribution in [1.82, 2.24) is 20.2 Å². The molecule has 10 nitrogen and oxygen atoms in total. The topological polar surface area (TPSA) is 104 Å². The summed E-state index contributed by atoms with van der Waals surface area (Å²) in [5, 5.41) is 15.2. The molecule has 0 radical (unpaired) electrons. The van der Waals surface area contributed by atoms with Gasteiger partial charge in [-0.2, -0.15) is 4.80 Å². The number of rotatable bonds is 7. The smallest absolute Gasteiger partial charge is 0.248 e. The van der Waals surface area contributed by atoms with Crippen LogP contribution in [0.25, 0.3) is 11.4 Å². The highest BCUT2D eigenvalue weighted by Crippen LogP contribution is 2.29. The molecule has 0 saturated carbocycles. The van der Waals surface area contributed by atoms with Gasteiger partial charge in [0.2, 0.25) is 11.7 Å². The first-order chi connectivity index (χ1) is 15.2. The van der Waals surface area contributed by atoms with Gasteiger partial charge in [-0.3, -0.25) is 4.79 Å². The molecule has 1 aliphatic heterocycles. The molecule has 0 bridgehead atoms. The Labute approximate surface area is 179 Å². The van der Waals surface area contributed by atoms with Crippen LogP contribution >= 0.6 is 0 Å². The van der Waals surface area contributed by atoms with E-state index < -0.39 is 0 Å². The molecular weight excluding hydrogens is 400 g/mol. The first-order valence-electron chi connectivity index (χ1n) is 9.89. The SMILES string of the molecule is COc1ccc(OC)c(NC(=O)Cn2nnc(-c3ccc(N4CCOCC4)cc3)n2)c1. The molecule has 0 unspecified atom stereocenters. The lowest BCUT2D eigenvalue weighted by atomic mass is 10.2. The third-order valence-electron chi connectivity index (χ3n) is 4.92. The standard InChI is InChI=1S/C21H24N6O4/c1-29-17-7-8-19(30-2)18(13-17)22-20(28)14-27-24-21(23-25-27)15-3-5-16(6-4-15)26-9-11-31-12-10-26/h3-8,13H,9-12,14H2,1-2H3,(H,22,28). The number of ether oxygens (including phenoxy) is 3. The Kier molecular flexibility index (Phi) is 6.27. The fraction of sp³-hybridized carbons (Fsp3) is 0.333. The Balaban J connectivity index is 1.40. The molecule has 1 fully saturated rings. The van der Waals surface area contributed by atoms with E-state index in [1.54, 1.807) is 25.3 Å². The largest absolute Gasteiger partial charge is 0.497 e. The number of carbonyl (C=O) groups excluding carboxylic acids is 1. The zero-order valence-corrected chi connectivity index (χ0v) is 17.4. The van der Waals surface area contributed by atoms with E-state index in [0.717, 1.165) is 37.6 Å². The molecule has 0 aliphatic carbocycles. The Bertz CT molecular complexity index is 1030. The maximum atomic E-state index is 12.5. The number of tetrazole rings is 1. The minimum Gasteiger partial charge on any atom is -0.497 e. The summed E-state index contributed by atoms with van der Waals surface area (Å²) in [6.45, 7) is 3.14. The molecule has 2 aromatic carbocycles. The maximum absolute atomic E-state index is 12.5. The summed E-state index contributed by atoms with van der Waals surface area (Å²) in [6.07, 6.45) is 0. The van der Waals surface area contributed by atoms with Crippen molar-refractivity contribution in [3.05, 3.63) is 42.5 Å². The summed E-state index contributed by atoms with van der Waals surface area (Å²) >= 11 is 0. The van der Waals surface area contributed by atoms with Gasteiger partial charge in [-0.1, -0.05) is 0 Å². The molecule has 162 valence electrons. The highest BCUT2D eigenvalue weighted by Gasteiger charge is 2.14. The van der Waals surface area contributed by atoms with Crippen molar-refractivity contribution in [1.29, 1.82) is 0 Å². The van der Waals surface area contributed by atoms with E-state index in [9.17, 15) is 4.79 Å². The van der Waals surface area contributed by atoms with Crippen molar-refractivity contribution in [3.8, 4) is 22.9 Å². The average Bonchev–Trinajstić information content (AvgIpc) is 3.28. The third kappa shape index (κ3) is 4.92. The van der Waals surface area contributed by atoms with Crippen LogP contribution in [0.4, 0.5) is 11.4 Å². The summed E-state index contributed by atoms with van der Waals surface area (Å²) in [5.41, 5.74) is 2.47. The van der Waals surface area contributed by atoms with Crippen LogP contribution in [0, 0.1) is 0 Å². The van der Waals surface area contributed by atoms with Gasteiger partial charge in [-0.15, -0.1) is 10.2 Å². The van der Waals surface area contributed by atoms with E-state index >= 15 is 0 Å². The lowest BCUT2D eigenvalue weighted by Crippen LogP contribution is -2.36. The van der Waals surface area contributed by atoms with Crippen molar-refractivity contribution < 1.29 is 19.0 Å². The molecule has 2 heterocycles. The second-order valence-electron chi connectivity index (χ2n) is 6.90. The number of nitrogens with one attached hydrogen (secondary N) is 1. The van der Waals surface area contributed by atoms with Crippen LogP contribution in [0.1, 0.15) is 0 Å². The Morgan fingerprint density at radius 1 is 1.10 bits per heavy atom. The molecule has 1 amide bonds. The number of hydrogen-bond donors (Lipinski definition) is 1. The van der Waals surface area contributed by atoms with Crippen molar-refractivity contribution in [2.75, 3.05) is 50.7 Å². The number of hydrogen-bond acceptors (Lipinski definition) is 8. The lowest BCUT2D eigenvalue weighted by molar-refractivity contribution is -0.117. The Morgan fingerprint density at radius 2 is 1.87 bits per heavy atom. The van der Waals surface area contributed by atoms with Crippen LogP contribution in [0.3, 0.4) is 0 Å². The van der Waals surface area contributed by atoms with E-state index in [1.165, 1.54) is 11.9 Å². The number of aromatic nitrogens is 4. The van der Waals surface area contributed by atoms with Gasteiger partial charge in [0, 0.05) is 30.4 Å². The highest BCUT2D eigenvalue weighted by atomic mass is 16.5. The molecule has 1 N–H and O–H groups in total. The molecule has 1 aromatic heterocycles. The van der Waals surface area contributed by atoms with Gasteiger partial charge in [0.15, 0.2) is 0 Å². The van der Waals surface area contributed by atoms with Gasteiger partial charge < -0.3 is 24.4 Å². The molecule has 31 heavy (non-hydrogen) atoms.